The molecule has 0 spiro atoms. The predicted octanol–water partition coefficient (Wildman–Crippen LogP) is 1.36. The van der Waals surface area contributed by atoms with Gasteiger partial charge in [0.15, 0.2) is 0 Å². The van der Waals surface area contributed by atoms with E-state index in [9.17, 15) is 9.90 Å². The highest BCUT2D eigenvalue weighted by molar-refractivity contribution is 6.34. The zero-order chi connectivity index (χ0) is 11.0. The van der Waals surface area contributed by atoms with Crippen molar-refractivity contribution in [2.45, 2.75) is 19.6 Å². The summed E-state index contributed by atoms with van der Waals surface area (Å²) in [6.07, 6.45) is -0.569. The molecule has 1 unspecified atom stereocenters. The van der Waals surface area contributed by atoms with Gasteiger partial charge in [-0.3, -0.25) is 4.57 Å². The number of nitrogens with zero attached hydrogens (tertiary/aromatic N) is 1. The molecular weight excluding hydrogens is 216 g/mol. The van der Waals surface area contributed by atoms with Gasteiger partial charge >= 0.3 is 5.69 Å². The maximum atomic E-state index is 11.6. The van der Waals surface area contributed by atoms with Crippen molar-refractivity contribution in [2.24, 2.45) is 0 Å². The fourth-order valence-electron chi connectivity index (χ4n) is 1.59. The summed E-state index contributed by atoms with van der Waals surface area (Å²) >= 11 is 5.93. The summed E-state index contributed by atoms with van der Waals surface area (Å²) in [5.74, 6) is 0. The van der Waals surface area contributed by atoms with Gasteiger partial charge in [-0.05, 0) is 19.1 Å². The number of benzene rings is 1. The van der Waals surface area contributed by atoms with Crippen LogP contribution in [0.15, 0.2) is 23.0 Å². The smallest absolute Gasteiger partial charge is 0.326 e. The second-order valence-electron chi connectivity index (χ2n) is 3.52. The van der Waals surface area contributed by atoms with Gasteiger partial charge in [0.25, 0.3) is 0 Å². The molecule has 0 aliphatic rings. The number of aliphatic hydroxyl groups is 1. The van der Waals surface area contributed by atoms with Gasteiger partial charge in [-0.1, -0.05) is 17.7 Å². The number of aromatic nitrogens is 2. The van der Waals surface area contributed by atoms with Gasteiger partial charge in [0.2, 0.25) is 0 Å². The second-order valence-corrected chi connectivity index (χ2v) is 3.93. The lowest BCUT2D eigenvalue weighted by atomic mass is 10.3. The number of imidazole rings is 1. The van der Waals surface area contributed by atoms with E-state index in [4.69, 9.17) is 11.6 Å². The molecule has 15 heavy (non-hydrogen) atoms. The first-order valence-corrected chi connectivity index (χ1v) is 5.02. The predicted molar refractivity (Wildman–Crippen MR) is 59.2 cm³/mol. The van der Waals surface area contributed by atoms with Crippen molar-refractivity contribution in [2.75, 3.05) is 0 Å². The van der Waals surface area contributed by atoms with E-state index < -0.39 is 6.10 Å². The largest absolute Gasteiger partial charge is 0.392 e. The Morgan fingerprint density at radius 2 is 2.33 bits per heavy atom. The SMILES string of the molecule is CC(O)Cn1c(=O)[nH]c2c(Cl)cccc21. The Labute approximate surface area is 91.1 Å². The maximum Gasteiger partial charge on any atom is 0.326 e. The van der Waals surface area contributed by atoms with Crippen LogP contribution in [0.4, 0.5) is 0 Å². The Hall–Kier alpha value is -1.26. The van der Waals surface area contributed by atoms with Gasteiger partial charge in [-0.15, -0.1) is 0 Å². The number of para-hydroxylation sites is 1. The third-order valence-corrected chi connectivity index (χ3v) is 2.52. The minimum Gasteiger partial charge on any atom is -0.392 e. The molecule has 0 saturated heterocycles. The van der Waals surface area contributed by atoms with E-state index in [1.165, 1.54) is 4.57 Å². The maximum absolute atomic E-state index is 11.6. The standard InChI is InChI=1S/C10H11ClN2O2/c1-6(14)5-13-8-4-2-3-7(11)9(8)12-10(13)15/h2-4,6,14H,5H2,1H3,(H,12,15). The number of nitrogens with one attached hydrogen (secondary N) is 1. The Balaban J connectivity index is 2.69. The Morgan fingerprint density at radius 3 is 3.00 bits per heavy atom. The van der Waals surface area contributed by atoms with Crippen molar-refractivity contribution in [3.63, 3.8) is 0 Å². The molecular formula is C10H11ClN2O2. The zero-order valence-corrected chi connectivity index (χ0v) is 8.95. The first kappa shape index (κ1) is 10.3. The molecule has 1 atom stereocenters. The summed E-state index contributed by atoms with van der Waals surface area (Å²) in [4.78, 5) is 14.2. The number of hydrogen-bond acceptors (Lipinski definition) is 2. The van der Waals surface area contributed by atoms with Crippen molar-refractivity contribution in [1.82, 2.24) is 9.55 Å². The number of H-pyrrole nitrogens is 1. The monoisotopic (exact) mass is 226 g/mol. The quantitative estimate of drug-likeness (QED) is 0.813. The molecule has 0 bridgehead atoms. The van der Waals surface area contributed by atoms with Crippen molar-refractivity contribution < 1.29 is 5.11 Å². The lowest BCUT2D eigenvalue weighted by Crippen LogP contribution is -2.22. The Bertz CT molecular complexity index is 542. The molecule has 5 heteroatoms. The van der Waals surface area contributed by atoms with Crippen molar-refractivity contribution in [3.8, 4) is 0 Å². The lowest BCUT2D eigenvalue weighted by molar-refractivity contribution is 0.174. The summed E-state index contributed by atoms with van der Waals surface area (Å²) < 4.78 is 1.48. The molecule has 1 aromatic carbocycles. The zero-order valence-electron chi connectivity index (χ0n) is 8.20. The van der Waals surface area contributed by atoms with Gasteiger partial charge in [-0.2, -0.15) is 0 Å². The van der Waals surface area contributed by atoms with Crippen LogP contribution in [0, 0.1) is 0 Å². The van der Waals surface area contributed by atoms with Crippen LogP contribution >= 0.6 is 11.6 Å². The molecule has 4 nitrogen and oxygen atoms in total. The van der Waals surface area contributed by atoms with Crippen LogP contribution in [0.2, 0.25) is 5.02 Å². The molecule has 2 rings (SSSR count). The summed E-state index contributed by atoms with van der Waals surface area (Å²) in [6, 6.07) is 5.28. The van der Waals surface area contributed by atoms with E-state index in [-0.39, 0.29) is 12.2 Å². The molecule has 80 valence electrons. The summed E-state index contributed by atoms with van der Waals surface area (Å²) in [5, 5.41) is 9.78. The number of aliphatic hydroxyl groups excluding tert-OH is 1. The first-order valence-electron chi connectivity index (χ1n) is 4.64. The summed E-state index contributed by atoms with van der Waals surface area (Å²) in [7, 11) is 0. The fourth-order valence-corrected chi connectivity index (χ4v) is 1.81. The molecule has 0 radical (unpaired) electrons. The number of fused-ring (bicyclic) bond motifs is 1. The molecule has 0 fully saturated rings. The minimum atomic E-state index is -0.569. The molecule has 0 aliphatic carbocycles. The molecule has 0 saturated carbocycles. The molecule has 1 aromatic heterocycles. The molecule has 0 amide bonds. The van der Waals surface area contributed by atoms with E-state index >= 15 is 0 Å². The lowest BCUT2D eigenvalue weighted by Gasteiger charge is -2.05. The highest BCUT2D eigenvalue weighted by Gasteiger charge is 2.10. The first-order chi connectivity index (χ1) is 7.09. The van der Waals surface area contributed by atoms with Gasteiger partial charge < -0.3 is 10.1 Å². The average Bonchev–Trinajstić information content (AvgIpc) is 2.45. The highest BCUT2D eigenvalue weighted by atomic mass is 35.5. The molecule has 2 N–H and O–H groups in total. The van der Waals surface area contributed by atoms with Crippen LogP contribution in [0.1, 0.15) is 6.92 Å². The van der Waals surface area contributed by atoms with E-state index in [1.54, 1.807) is 25.1 Å². The van der Waals surface area contributed by atoms with Gasteiger partial charge in [0, 0.05) is 0 Å². The fraction of sp³-hybridized carbons (Fsp3) is 0.300. The summed E-state index contributed by atoms with van der Waals surface area (Å²) in [6.45, 7) is 1.90. The number of halogens is 1. The van der Waals surface area contributed by atoms with Crippen LogP contribution in [0.3, 0.4) is 0 Å². The van der Waals surface area contributed by atoms with Crippen LogP contribution in [-0.4, -0.2) is 20.8 Å². The molecule has 1 heterocycles. The number of hydrogen-bond donors (Lipinski definition) is 2. The van der Waals surface area contributed by atoms with E-state index in [0.717, 1.165) is 0 Å². The van der Waals surface area contributed by atoms with Gasteiger partial charge in [-0.25, -0.2) is 4.79 Å². The average molecular weight is 227 g/mol. The Morgan fingerprint density at radius 1 is 1.60 bits per heavy atom. The van der Waals surface area contributed by atoms with Crippen LogP contribution < -0.4 is 5.69 Å². The van der Waals surface area contributed by atoms with E-state index in [2.05, 4.69) is 4.98 Å². The third kappa shape index (κ3) is 1.78. The summed E-state index contributed by atoms with van der Waals surface area (Å²) in [5.41, 5.74) is 1.08. The normalized spacial score (nSPS) is 13.3. The van der Waals surface area contributed by atoms with Crippen molar-refractivity contribution in [1.29, 1.82) is 0 Å². The molecule has 0 aliphatic heterocycles. The van der Waals surface area contributed by atoms with E-state index in [1.807, 2.05) is 0 Å². The van der Waals surface area contributed by atoms with Gasteiger partial charge in [0.05, 0.1) is 28.7 Å². The number of aromatic amines is 1. The highest BCUT2D eigenvalue weighted by Crippen LogP contribution is 2.19. The van der Waals surface area contributed by atoms with Gasteiger partial charge in [0.1, 0.15) is 0 Å². The van der Waals surface area contributed by atoms with Crippen molar-refractivity contribution >= 4 is 22.6 Å². The second kappa shape index (κ2) is 3.72. The van der Waals surface area contributed by atoms with Crippen LogP contribution in [0.25, 0.3) is 11.0 Å². The molecule has 2 aromatic rings. The van der Waals surface area contributed by atoms with Crippen molar-refractivity contribution in [3.05, 3.63) is 33.7 Å². The Kier molecular flexibility index (Phi) is 2.54. The van der Waals surface area contributed by atoms with Crippen LogP contribution in [-0.2, 0) is 6.54 Å². The topological polar surface area (TPSA) is 58.0 Å². The number of rotatable bonds is 2. The minimum absolute atomic E-state index is 0.251. The van der Waals surface area contributed by atoms with Crippen LogP contribution in [0.5, 0.6) is 0 Å². The third-order valence-electron chi connectivity index (χ3n) is 2.21. The van der Waals surface area contributed by atoms with E-state index in [0.29, 0.717) is 16.1 Å².